The van der Waals surface area contributed by atoms with Crippen molar-refractivity contribution in [2.75, 3.05) is 13.1 Å². The zero-order valence-corrected chi connectivity index (χ0v) is 9.26. The third kappa shape index (κ3) is 2.13. The number of hydrogen-bond donors (Lipinski definition) is 1. The highest BCUT2D eigenvalue weighted by Crippen LogP contribution is 2.36. The van der Waals surface area contributed by atoms with Gasteiger partial charge in [0.15, 0.2) is 5.78 Å². The van der Waals surface area contributed by atoms with Crippen LogP contribution in [0, 0.1) is 11.3 Å². The minimum absolute atomic E-state index is 0.0349. The fourth-order valence-corrected chi connectivity index (χ4v) is 1.81. The fraction of sp³-hybridized carbons (Fsp3) is 0.583. The second kappa shape index (κ2) is 4.09. The van der Waals surface area contributed by atoms with Crippen molar-refractivity contribution in [2.24, 2.45) is 11.3 Å². The van der Waals surface area contributed by atoms with Crippen LogP contribution < -0.4 is 5.32 Å². The first-order valence-electron chi connectivity index (χ1n) is 5.12. The lowest BCUT2D eigenvalue weighted by Gasteiger charge is -2.35. The summed E-state index contributed by atoms with van der Waals surface area (Å²) in [6.07, 6.45) is 3.64. The molecule has 0 saturated carbocycles. The van der Waals surface area contributed by atoms with Crippen LogP contribution in [0.5, 0.6) is 0 Å². The van der Waals surface area contributed by atoms with Crippen LogP contribution in [0.4, 0.5) is 0 Å². The highest BCUT2D eigenvalue weighted by atomic mass is 16.1. The van der Waals surface area contributed by atoms with E-state index in [9.17, 15) is 4.79 Å². The predicted octanol–water partition coefficient (Wildman–Crippen LogP) is 1.93. The molecule has 1 rings (SSSR count). The Morgan fingerprint density at radius 3 is 2.79 bits per heavy atom. The van der Waals surface area contributed by atoms with Crippen LogP contribution in [0.2, 0.25) is 0 Å². The SMILES string of the molecule is C=C1C(=O)C=CC(C)(C)C1CNCC. The van der Waals surface area contributed by atoms with E-state index in [0.29, 0.717) is 0 Å². The van der Waals surface area contributed by atoms with E-state index < -0.39 is 0 Å². The zero-order chi connectivity index (χ0) is 10.8. The van der Waals surface area contributed by atoms with Crippen molar-refractivity contribution >= 4 is 5.78 Å². The topological polar surface area (TPSA) is 29.1 Å². The van der Waals surface area contributed by atoms with E-state index >= 15 is 0 Å². The molecular weight excluding hydrogens is 174 g/mol. The van der Waals surface area contributed by atoms with Gasteiger partial charge in [-0.05, 0) is 23.6 Å². The first-order valence-corrected chi connectivity index (χ1v) is 5.12. The molecular formula is C12H19NO. The highest BCUT2D eigenvalue weighted by Gasteiger charge is 2.34. The number of nitrogens with one attached hydrogen (secondary N) is 1. The summed E-state index contributed by atoms with van der Waals surface area (Å²) in [5.74, 6) is 0.298. The van der Waals surface area contributed by atoms with E-state index in [0.717, 1.165) is 18.7 Å². The Balaban J connectivity index is 2.83. The molecule has 2 nitrogen and oxygen atoms in total. The van der Waals surface area contributed by atoms with Gasteiger partial charge in [0.25, 0.3) is 0 Å². The average molecular weight is 193 g/mol. The summed E-state index contributed by atoms with van der Waals surface area (Å²) in [6, 6.07) is 0. The number of ketones is 1. The van der Waals surface area contributed by atoms with E-state index in [2.05, 4.69) is 32.7 Å². The fourth-order valence-electron chi connectivity index (χ4n) is 1.81. The van der Waals surface area contributed by atoms with E-state index in [1.54, 1.807) is 6.08 Å². The molecule has 1 unspecified atom stereocenters. The van der Waals surface area contributed by atoms with Gasteiger partial charge in [-0.25, -0.2) is 0 Å². The molecule has 14 heavy (non-hydrogen) atoms. The van der Waals surface area contributed by atoms with E-state index in [-0.39, 0.29) is 17.1 Å². The first kappa shape index (κ1) is 11.2. The number of carbonyl (C=O) groups excluding carboxylic acids is 1. The Hall–Kier alpha value is -0.890. The predicted molar refractivity (Wildman–Crippen MR) is 59.1 cm³/mol. The van der Waals surface area contributed by atoms with Crippen molar-refractivity contribution in [1.29, 1.82) is 0 Å². The van der Waals surface area contributed by atoms with Gasteiger partial charge >= 0.3 is 0 Å². The molecule has 0 aromatic heterocycles. The molecule has 0 aromatic carbocycles. The van der Waals surface area contributed by atoms with Gasteiger partial charge in [-0.2, -0.15) is 0 Å². The summed E-state index contributed by atoms with van der Waals surface area (Å²) in [5, 5.41) is 3.28. The monoisotopic (exact) mass is 193 g/mol. The van der Waals surface area contributed by atoms with Gasteiger partial charge in [0, 0.05) is 12.5 Å². The van der Waals surface area contributed by atoms with E-state index in [1.165, 1.54) is 0 Å². The van der Waals surface area contributed by atoms with Crippen molar-refractivity contribution in [2.45, 2.75) is 20.8 Å². The molecule has 0 radical (unpaired) electrons. The Morgan fingerprint density at radius 2 is 2.21 bits per heavy atom. The summed E-state index contributed by atoms with van der Waals surface area (Å²) in [4.78, 5) is 11.4. The molecule has 0 aromatic rings. The third-order valence-electron chi connectivity index (χ3n) is 2.90. The molecule has 0 spiro atoms. The van der Waals surface area contributed by atoms with Crippen LogP contribution in [0.1, 0.15) is 20.8 Å². The molecule has 0 bridgehead atoms. The van der Waals surface area contributed by atoms with Crippen molar-refractivity contribution < 1.29 is 4.79 Å². The van der Waals surface area contributed by atoms with Crippen LogP contribution in [0.15, 0.2) is 24.3 Å². The van der Waals surface area contributed by atoms with Crippen LogP contribution in [-0.2, 0) is 4.79 Å². The quantitative estimate of drug-likeness (QED) is 0.694. The number of allylic oxidation sites excluding steroid dienone is 2. The maximum absolute atomic E-state index is 11.4. The van der Waals surface area contributed by atoms with Crippen LogP contribution in [0.3, 0.4) is 0 Å². The number of carbonyl (C=O) groups is 1. The number of hydrogen-bond acceptors (Lipinski definition) is 2. The van der Waals surface area contributed by atoms with Crippen molar-refractivity contribution in [3.05, 3.63) is 24.3 Å². The molecule has 1 atom stereocenters. The standard InChI is InChI=1S/C12H19NO/c1-5-13-8-10-9(2)11(14)6-7-12(10,3)4/h6-7,10,13H,2,5,8H2,1,3-4H3. The van der Waals surface area contributed by atoms with Gasteiger partial charge in [-0.1, -0.05) is 33.4 Å². The maximum Gasteiger partial charge on any atom is 0.181 e. The van der Waals surface area contributed by atoms with Gasteiger partial charge in [-0.15, -0.1) is 0 Å². The molecule has 1 aliphatic carbocycles. The highest BCUT2D eigenvalue weighted by molar-refractivity contribution is 6.05. The van der Waals surface area contributed by atoms with E-state index in [1.807, 2.05) is 6.08 Å². The Kier molecular flexibility index (Phi) is 3.27. The molecule has 0 aliphatic heterocycles. The summed E-state index contributed by atoms with van der Waals surface area (Å²) < 4.78 is 0. The third-order valence-corrected chi connectivity index (χ3v) is 2.90. The van der Waals surface area contributed by atoms with Crippen LogP contribution in [-0.4, -0.2) is 18.9 Å². The van der Waals surface area contributed by atoms with Crippen molar-refractivity contribution in [1.82, 2.24) is 5.32 Å². The first-order chi connectivity index (χ1) is 6.49. The van der Waals surface area contributed by atoms with Crippen LogP contribution in [0.25, 0.3) is 0 Å². The van der Waals surface area contributed by atoms with E-state index in [4.69, 9.17) is 0 Å². The lowest BCUT2D eigenvalue weighted by molar-refractivity contribution is -0.112. The van der Waals surface area contributed by atoms with Gasteiger partial charge in [0.05, 0.1) is 0 Å². The number of rotatable bonds is 3. The lowest BCUT2D eigenvalue weighted by Crippen LogP contribution is -2.37. The second-order valence-electron chi connectivity index (χ2n) is 4.40. The van der Waals surface area contributed by atoms with Crippen molar-refractivity contribution in [3.63, 3.8) is 0 Å². The Labute approximate surface area is 86.1 Å². The Bertz CT molecular complexity index is 276. The maximum atomic E-state index is 11.4. The molecule has 2 heteroatoms. The molecule has 1 N–H and O–H groups in total. The summed E-state index contributed by atoms with van der Waals surface area (Å²) in [6.45, 7) is 12.0. The average Bonchev–Trinajstić information content (AvgIpc) is 2.12. The van der Waals surface area contributed by atoms with Gasteiger partial charge in [0.2, 0.25) is 0 Å². The van der Waals surface area contributed by atoms with Crippen molar-refractivity contribution in [3.8, 4) is 0 Å². The minimum Gasteiger partial charge on any atom is -0.316 e. The molecule has 0 amide bonds. The molecule has 78 valence electrons. The summed E-state index contributed by atoms with van der Waals surface area (Å²) >= 11 is 0. The second-order valence-corrected chi connectivity index (χ2v) is 4.40. The minimum atomic E-state index is 0.0349. The normalized spacial score (nSPS) is 25.5. The van der Waals surface area contributed by atoms with Gasteiger partial charge in [-0.3, -0.25) is 4.79 Å². The largest absolute Gasteiger partial charge is 0.316 e. The van der Waals surface area contributed by atoms with Gasteiger partial charge in [0.1, 0.15) is 0 Å². The summed E-state index contributed by atoms with van der Waals surface area (Å²) in [7, 11) is 0. The lowest BCUT2D eigenvalue weighted by atomic mass is 9.70. The summed E-state index contributed by atoms with van der Waals surface area (Å²) in [5.41, 5.74) is 0.770. The molecule has 0 heterocycles. The smallest absolute Gasteiger partial charge is 0.181 e. The zero-order valence-electron chi connectivity index (χ0n) is 9.26. The van der Waals surface area contributed by atoms with Gasteiger partial charge < -0.3 is 5.32 Å². The molecule has 1 aliphatic rings. The van der Waals surface area contributed by atoms with Crippen LogP contribution >= 0.6 is 0 Å². The Morgan fingerprint density at radius 1 is 1.57 bits per heavy atom. The molecule has 0 fully saturated rings. The molecule has 0 saturated heterocycles.